The second-order valence-electron chi connectivity index (χ2n) is 5.89. The van der Waals surface area contributed by atoms with Crippen molar-refractivity contribution in [2.45, 2.75) is 32.9 Å². The van der Waals surface area contributed by atoms with Gasteiger partial charge in [-0.05, 0) is 24.5 Å². The van der Waals surface area contributed by atoms with Crippen LogP contribution in [0.25, 0.3) is 0 Å². The first kappa shape index (κ1) is 13.2. The summed E-state index contributed by atoms with van der Waals surface area (Å²) in [7, 11) is 0. The molecule has 0 bridgehead atoms. The number of hydrogen-bond acceptors (Lipinski definition) is 1. The quantitative estimate of drug-likeness (QED) is 0.612. The van der Waals surface area contributed by atoms with Gasteiger partial charge in [-0.2, -0.15) is 0 Å². The summed E-state index contributed by atoms with van der Waals surface area (Å²) in [6.07, 6.45) is 2.93. The summed E-state index contributed by atoms with van der Waals surface area (Å²) >= 11 is 0. The van der Waals surface area contributed by atoms with Gasteiger partial charge < -0.3 is 0 Å². The molecule has 1 aliphatic heterocycles. The predicted octanol–water partition coefficient (Wildman–Crippen LogP) is 3.31. The first-order valence-corrected chi connectivity index (χ1v) is 7.35. The van der Waals surface area contributed by atoms with E-state index in [1.165, 1.54) is 23.8 Å². The van der Waals surface area contributed by atoms with Crippen LogP contribution in [-0.2, 0) is 12.8 Å². The van der Waals surface area contributed by atoms with E-state index in [9.17, 15) is 4.79 Å². The van der Waals surface area contributed by atoms with Crippen molar-refractivity contribution in [3.05, 3.63) is 64.7 Å². The van der Waals surface area contributed by atoms with Crippen molar-refractivity contribution in [3.8, 4) is 0 Å². The van der Waals surface area contributed by atoms with Gasteiger partial charge in [0.25, 0.3) is 0 Å². The molecule has 1 nitrogen and oxygen atoms in total. The number of hydrogen-bond donors (Lipinski definition) is 0. The lowest BCUT2D eigenvalue weighted by molar-refractivity contribution is 0.0992. The van der Waals surface area contributed by atoms with E-state index >= 15 is 0 Å². The van der Waals surface area contributed by atoms with Gasteiger partial charge in [0.15, 0.2) is 12.5 Å². The molecule has 1 aliphatic rings. The van der Waals surface area contributed by atoms with Crippen molar-refractivity contribution in [1.82, 2.24) is 0 Å². The van der Waals surface area contributed by atoms with Crippen molar-refractivity contribution in [2.24, 2.45) is 0 Å². The highest BCUT2D eigenvalue weighted by Gasteiger charge is 2.21. The molecule has 0 unspecified atom stereocenters. The summed E-state index contributed by atoms with van der Waals surface area (Å²) in [6.45, 7) is 4.91. The van der Waals surface area contributed by atoms with Crippen LogP contribution in [0.15, 0.2) is 42.5 Å². The highest BCUT2D eigenvalue weighted by atomic mass is 16.1. The third kappa shape index (κ3) is 2.43. The predicted molar refractivity (Wildman–Crippen MR) is 85.4 cm³/mol. The van der Waals surface area contributed by atoms with Crippen LogP contribution < -0.4 is 5.46 Å². The number of benzene rings is 2. The van der Waals surface area contributed by atoms with Gasteiger partial charge in [-0.15, -0.1) is 0 Å². The summed E-state index contributed by atoms with van der Waals surface area (Å²) in [4.78, 5) is 12.4. The van der Waals surface area contributed by atoms with E-state index in [2.05, 4.69) is 25.0 Å². The van der Waals surface area contributed by atoms with Gasteiger partial charge in [0.05, 0.1) is 0 Å². The van der Waals surface area contributed by atoms with Crippen LogP contribution in [0.1, 0.15) is 27.0 Å². The summed E-state index contributed by atoms with van der Waals surface area (Å²) in [5, 5.41) is 0. The molecule has 0 N–H and O–H groups in total. The SMILES string of the molecule is CB1CCc2ccc(CC(=O)c3ccccc3C)cc21. The molecular weight excluding hydrogens is 243 g/mol. The monoisotopic (exact) mass is 262 g/mol. The van der Waals surface area contributed by atoms with Gasteiger partial charge in [-0.25, -0.2) is 0 Å². The maximum atomic E-state index is 12.4. The third-order valence-electron chi connectivity index (χ3n) is 4.40. The van der Waals surface area contributed by atoms with E-state index in [4.69, 9.17) is 0 Å². The van der Waals surface area contributed by atoms with Crippen molar-refractivity contribution in [1.29, 1.82) is 0 Å². The van der Waals surface area contributed by atoms with Crippen LogP contribution in [0.5, 0.6) is 0 Å². The minimum absolute atomic E-state index is 0.216. The van der Waals surface area contributed by atoms with Crippen molar-refractivity contribution in [3.63, 3.8) is 0 Å². The molecule has 3 rings (SSSR count). The zero-order valence-corrected chi connectivity index (χ0v) is 12.1. The van der Waals surface area contributed by atoms with Gasteiger partial charge in [0.1, 0.15) is 0 Å². The maximum Gasteiger partial charge on any atom is 0.173 e. The first-order chi connectivity index (χ1) is 9.65. The second-order valence-corrected chi connectivity index (χ2v) is 5.89. The van der Waals surface area contributed by atoms with Crippen LogP contribution >= 0.6 is 0 Å². The molecule has 1 heterocycles. The molecular formula is C18H19BO. The minimum Gasteiger partial charge on any atom is -0.294 e. The summed E-state index contributed by atoms with van der Waals surface area (Å²) < 4.78 is 0. The Balaban J connectivity index is 1.84. The highest BCUT2D eigenvalue weighted by molar-refractivity contribution is 6.73. The standard InChI is InChI=1S/C18H19BO/c1-13-5-3-4-6-16(13)18(20)12-14-7-8-15-9-10-19(2)17(15)11-14/h3-8,11H,9-10,12H2,1-2H3. The Labute approximate surface area is 121 Å². The van der Waals surface area contributed by atoms with Crippen molar-refractivity contribution in [2.75, 3.05) is 0 Å². The molecule has 0 atom stereocenters. The van der Waals surface area contributed by atoms with Gasteiger partial charge in [0.2, 0.25) is 0 Å². The third-order valence-corrected chi connectivity index (χ3v) is 4.40. The topological polar surface area (TPSA) is 17.1 Å². The van der Waals surface area contributed by atoms with E-state index in [1.807, 2.05) is 31.2 Å². The fourth-order valence-electron chi connectivity index (χ4n) is 3.13. The molecule has 2 heteroatoms. The number of carbonyl (C=O) groups excluding carboxylic acids is 1. The van der Waals surface area contributed by atoms with E-state index in [0.717, 1.165) is 16.7 Å². The summed E-state index contributed by atoms with van der Waals surface area (Å²) in [6, 6.07) is 14.4. The number of Topliss-reactive ketones (excluding diaryl/α,β-unsaturated/α-hetero) is 1. The number of fused-ring (bicyclic) bond motifs is 1. The molecule has 0 amide bonds. The van der Waals surface area contributed by atoms with Gasteiger partial charge in [0, 0.05) is 12.0 Å². The average molecular weight is 262 g/mol. The average Bonchev–Trinajstić information content (AvgIpc) is 2.81. The van der Waals surface area contributed by atoms with E-state index < -0.39 is 0 Å². The Morgan fingerprint density at radius 2 is 2.00 bits per heavy atom. The summed E-state index contributed by atoms with van der Waals surface area (Å²) in [5.74, 6) is 0.216. The molecule has 20 heavy (non-hydrogen) atoms. The van der Waals surface area contributed by atoms with Gasteiger partial charge in [-0.3, -0.25) is 4.79 Å². The number of ketones is 1. The van der Waals surface area contributed by atoms with E-state index in [-0.39, 0.29) is 5.78 Å². The normalized spacial score (nSPS) is 13.4. The molecule has 0 saturated carbocycles. The Kier molecular flexibility index (Phi) is 3.48. The van der Waals surface area contributed by atoms with Crippen LogP contribution in [-0.4, -0.2) is 12.5 Å². The number of aryl methyl sites for hydroxylation is 2. The summed E-state index contributed by atoms with van der Waals surface area (Å²) in [5.41, 5.74) is 5.96. The molecule has 0 fully saturated rings. The molecule has 0 radical (unpaired) electrons. The second kappa shape index (κ2) is 5.28. The molecule has 2 aromatic carbocycles. The molecule has 0 saturated heterocycles. The van der Waals surface area contributed by atoms with Crippen LogP contribution in [0.2, 0.25) is 13.1 Å². The lowest BCUT2D eigenvalue weighted by Gasteiger charge is -2.08. The maximum absolute atomic E-state index is 12.4. The molecule has 0 aromatic heterocycles. The Hall–Kier alpha value is -1.83. The fourth-order valence-corrected chi connectivity index (χ4v) is 3.13. The van der Waals surface area contributed by atoms with E-state index in [1.54, 1.807) is 0 Å². The Bertz CT molecular complexity index is 660. The van der Waals surface area contributed by atoms with Crippen LogP contribution in [0, 0.1) is 6.92 Å². The van der Waals surface area contributed by atoms with E-state index in [0.29, 0.717) is 13.1 Å². The van der Waals surface area contributed by atoms with Crippen LogP contribution in [0.4, 0.5) is 0 Å². The zero-order valence-electron chi connectivity index (χ0n) is 12.1. The lowest BCUT2D eigenvalue weighted by atomic mass is 9.48. The molecule has 0 spiro atoms. The Morgan fingerprint density at radius 1 is 1.20 bits per heavy atom. The van der Waals surface area contributed by atoms with Crippen molar-refractivity contribution >= 4 is 18.0 Å². The zero-order chi connectivity index (χ0) is 14.1. The minimum atomic E-state index is 0.216. The highest BCUT2D eigenvalue weighted by Crippen LogP contribution is 2.17. The Morgan fingerprint density at radius 3 is 2.80 bits per heavy atom. The number of rotatable bonds is 3. The molecule has 2 aromatic rings. The number of carbonyl (C=O) groups is 1. The first-order valence-electron chi connectivity index (χ1n) is 7.35. The largest absolute Gasteiger partial charge is 0.294 e. The van der Waals surface area contributed by atoms with Gasteiger partial charge >= 0.3 is 0 Å². The van der Waals surface area contributed by atoms with Gasteiger partial charge in [-0.1, -0.05) is 66.6 Å². The lowest BCUT2D eigenvalue weighted by Crippen LogP contribution is -2.23. The van der Waals surface area contributed by atoms with Crippen LogP contribution in [0.3, 0.4) is 0 Å². The van der Waals surface area contributed by atoms with Crippen molar-refractivity contribution < 1.29 is 4.79 Å². The fraction of sp³-hybridized carbons (Fsp3) is 0.278. The smallest absolute Gasteiger partial charge is 0.173 e. The molecule has 0 aliphatic carbocycles. The molecule has 100 valence electrons.